The summed E-state index contributed by atoms with van der Waals surface area (Å²) in [6.07, 6.45) is -0.121. The van der Waals surface area contributed by atoms with E-state index in [1.54, 1.807) is 32.4 Å². The molecule has 0 saturated heterocycles. The molecular formula is C22H23NO6. The number of fused-ring (bicyclic) bond motifs is 1. The molecule has 0 spiro atoms. The molecule has 152 valence electrons. The Morgan fingerprint density at radius 2 is 1.69 bits per heavy atom. The number of carbonyl (C=O) groups excluding carboxylic acids is 1. The first-order valence-electron chi connectivity index (χ1n) is 9.01. The molecule has 0 saturated carbocycles. The van der Waals surface area contributed by atoms with E-state index in [0.717, 1.165) is 10.9 Å². The number of hydrogen-bond donors (Lipinski definition) is 1. The van der Waals surface area contributed by atoms with Gasteiger partial charge in [-0.05, 0) is 43.7 Å². The lowest BCUT2D eigenvalue weighted by Crippen LogP contribution is -2.21. The van der Waals surface area contributed by atoms with Crippen molar-refractivity contribution < 1.29 is 23.4 Å². The van der Waals surface area contributed by atoms with Gasteiger partial charge in [-0.3, -0.25) is 4.79 Å². The highest BCUT2D eigenvalue weighted by Gasteiger charge is 2.18. The average molecular weight is 397 g/mol. The van der Waals surface area contributed by atoms with Crippen LogP contribution in [0.3, 0.4) is 0 Å². The molecule has 0 unspecified atom stereocenters. The maximum Gasteiger partial charge on any atom is 0.340 e. The molecular weight excluding hydrogens is 374 g/mol. The maximum absolute atomic E-state index is 12.6. The normalized spacial score (nSPS) is 10.7. The molecule has 1 N–H and O–H groups in total. The zero-order valence-electron chi connectivity index (χ0n) is 17.0. The van der Waals surface area contributed by atoms with Crippen LogP contribution in [0.2, 0.25) is 0 Å². The molecule has 3 rings (SSSR count). The van der Waals surface area contributed by atoms with Crippen LogP contribution < -0.4 is 25.2 Å². The van der Waals surface area contributed by atoms with Crippen LogP contribution in [0.15, 0.2) is 39.5 Å². The molecule has 0 atom stereocenters. The lowest BCUT2D eigenvalue weighted by Gasteiger charge is -2.13. The monoisotopic (exact) mass is 397 g/mol. The molecule has 1 heterocycles. The first-order chi connectivity index (χ1) is 13.9. The minimum atomic E-state index is -0.539. The van der Waals surface area contributed by atoms with Gasteiger partial charge in [-0.25, -0.2) is 4.79 Å². The Bertz CT molecular complexity index is 1130. The van der Waals surface area contributed by atoms with E-state index in [2.05, 4.69) is 5.32 Å². The van der Waals surface area contributed by atoms with Gasteiger partial charge in [-0.2, -0.15) is 0 Å². The number of rotatable bonds is 6. The maximum atomic E-state index is 12.6. The zero-order valence-corrected chi connectivity index (χ0v) is 17.0. The third-order valence-electron chi connectivity index (χ3n) is 4.89. The van der Waals surface area contributed by atoms with E-state index in [0.29, 0.717) is 39.6 Å². The number of methoxy groups -OCH3 is 3. The Morgan fingerprint density at radius 1 is 0.966 bits per heavy atom. The van der Waals surface area contributed by atoms with Gasteiger partial charge >= 0.3 is 5.63 Å². The van der Waals surface area contributed by atoms with Gasteiger partial charge in [0.05, 0.1) is 39.0 Å². The minimum absolute atomic E-state index is 0.121. The number of aryl methyl sites for hydroxylation is 2. The van der Waals surface area contributed by atoms with Crippen LogP contribution in [-0.4, -0.2) is 27.2 Å². The molecule has 0 radical (unpaired) electrons. The van der Waals surface area contributed by atoms with Gasteiger partial charge in [0, 0.05) is 17.0 Å². The molecule has 0 aliphatic heterocycles. The smallest absolute Gasteiger partial charge is 0.340 e. The van der Waals surface area contributed by atoms with E-state index in [-0.39, 0.29) is 12.3 Å². The van der Waals surface area contributed by atoms with Crippen LogP contribution in [-0.2, 0) is 11.2 Å². The van der Waals surface area contributed by atoms with E-state index in [4.69, 9.17) is 18.6 Å². The van der Waals surface area contributed by atoms with Crippen molar-refractivity contribution in [1.82, 2.24) is 0 Å². The van der Waals surface area contributed by atoms with Crippen molar-refractivity contribution in [2.75, 3.05) is 26.6 Å². The number of anilines is 1. The number of benzene rings is 2. The van der Waals surface area contributed by atoms with E-state index >= 15 is 0 Å². The fourth-order valence-corrected chi connectivity index (χ4v) is 3.25. The second-order valence-corrected chi connectivity index (χ2v) is 6.55. The molecule has 0 bridgehead atoms. The highest BCUT2D eigenvalue weighted by Crippen LogP contribution is 2.31. The van der Waals surface area contributed by atoms with Gasteiger partial charge < -0.3 is 23.9 Å². The van der Waals surface area contributed by atoms with E-state index in [9.17, 15) is 9.59 Å². The summed E-state index contributed by atoms with van der Waals surface area (Å²) in [5.74, 6) is 1.35. The zero-order chi connectivity index (χ0) is 21.1. The molecule has 0 aliphatic carbocycles. The quantitative estimate of drug-likeness (QED) is 0.640. The predicted octanol–water partition coefficient (Wildman–Crippen LogP) is 3.62. The van der Waals surface area contributed by atoms with Gasteiger partial charge in [-0.1, -0.05) is 0 Å². The molecule has 7 nitrogen and oxygen atoms in total. The SMILES string of the molecule is COc1ccc(NC(=O)Cc2c(C)c3ccc(OC)c(C)c3oc2=O)c(OC)c1. The lowest BCUT2D eigenvalue weighted by molar-refractivity contribution is -0.115. The Labute approximate surface area is 168 Å². The second-order valence-electron chi connectivity index (χ2n) is 6.55. The van der Waals surface area contributed by atoms with Crippen molar-refractivity contribution in [3.8, 4) is 17.2 Å². The van der Waals surface area contributed by atoms with Crippen LogP contribution in [0.25, 0.3) is 11.0 Å². The van der Waals surface area contributed by atoms with Crippen LogP contribution in [0, 0.1) is 13.8 Å². The first kappa shape index (κ1) is 20.3. The Kier molecular flexibility index (Phi) is 5.77. The minimum Gasteiger partial charge on any atom is -0.497 e. The molecule has 2 aromatic carbocycles. The number of carbonyl (C=O) groups is 1. The van der Waals surface area contributed by atoms with Crippen molar-refractivity contribution >= 4 is 22.6 Å². The topological polar surface area (TPSA) is 87.0 Å². The highest BCUT2D eigenvalue weighted by molar-refractivity contribution is 5.95. The van der Waals surface area contributed by atoms with Gasteiger partial charge in [0.25, 0.3) is 0 Å². The number of hydrogen-bond acceptors (Lipinski definition) is 6. The van der Waals surface area contributed by atoms with Gasteiger partial charge in [-0.15, -0.1) is 0 Å². The summed E-state index contributed by atoms with van der Waals surface area (Å²) in [6.45, 7) is 3.63. The third kappa shape index (κ3) is 3.89. The van der Waals surface area contributed by atoms with Crippen LogP contribution >= 0.6 is 0 Å². The predicted molar refractivity (Wildman–Crippen MR) is 110 cm³/mol. The summed E-state index contributed by atoms with van der Waals surface area (Å²) in [6, 6.07) is 8.70. The molecule has 1 aromatic heterocycles. The van der Waals surface area contributed by atoms with Gasteiger partial charge in [0.15, 0.2) is 0 Å². The van der Waals surface area contributed by atoms with Crippen molar-refractivity contribution in [3.05, 3.63) is 57.4 Å². The molecule has 29 heavy (non-hydrogen) atoms. The molecule has 1 amide bonds. The van der Waals surface area contributed by atoms with Gasteiger partial charge in [0.1, 0.15) is 22.8 Å². The highest BCUT2D eigenvalue weighted by atomic mass is 16.5. The first-order valence-corrected chi connectivity index (χ1v) is 9.01. The third-order valence-corrected chi connectivity index (χ3v) is 4.89. The van der Waals surface area contributed by atoms with Crippen molar-refractivity contribution in [2.45, 2.75) is 20.3 Å². The van der Waals surface area contributed by atoms with Crippen LogP contribution in [0.4, 0.5) is 5.69 Å². The van der Waals surface area contributed by atoms with E-state index in [1.165, 1.54) is 7.11 Å². The van der Waals surface area contributed by atoms with E-state index in [1.807, 2.05) is 26.0 Å². The Morgan fingerprint density at radius 3 is 2.34 bits per heavy atom. The molecule has 0 fully saturated rings. The summed E-state index contributed by atoms with van der Waals surface area (Å²) in [4.78, 5) is 25.2. The summed E-state index contributed by atoms with van der Waals surface area (Å²) < 4.78 is 21.2. The van der Waals surface area contributed by atoms with Crippen LogP contribution in [0.5, 0.6) is 17.2 Å². The fraction of sp³-hybridized carbons (Fsp3) is 0.273. The lowest BCUT2D eigenvalue weighted by atomic mass is 10.0. The average Bonchev–Trinajstić information content (AvgIpc) is 2.72. The summed E-state index contributed by atoms with van der Waals surface area (Å²) in [5.41, 5.74) is 2.17. The molecule has 7 heteroatoms. The number of nitrogens with one attached hydrogen (secondary N) is 1. The van der Waals surface area contributed by atoms with Crippen LogP contribution in [0.1, 0.15) is 16.7 Å². The fourth-order valence-electron chi connectivity index (χ4n) is 3.25. The molecule has 0 aliphatic rings. The van der Waals surface area contributed by atoms with Crippen molar-refractivity contribution in [1.29, 1.82) is 0 Å². The largest absolute Gasteiger partial charge is 0.497 e. The standard InChI is InChI=1S/C22H23NO6/c1-12-15-7-9-18(27-4)13(2)21(15)29-22(25)16(12)11-20(24)23-17-8-6-14(26-3)10-19(17)28-5/h6-10H,11H2,1-5H3,(H,23,24). The molecule has 3 aromatic rings. The van der Waals surface area contributed by atoms with Crippen molar-refractivity contribution in [3.63, 3.8) is 0 Å². The summed E-state index contributed by atoms with van der Waals surface area (Å²) >= 11 is 0. The number of amides is 1. The number of ether oxygens (including phenoxy) is 3. The van der Waals surface area contributed by atoms with E-state index < -0.39 is 5.63 Å². The summed E-state index contributed by atoms with van der Waals surface area (Å²) in [5, 5.41) is 3.54. The Hall–Kier alpha value is -3.48. The Balaban J connectivity index is 1.92. The van der Waals surface area contributed by atoms with Crippen molar-refractivity contribution in [2.24, 2.45) is 0 Å². The summed E-state index contributed by atoms with van der Waals surface area (Å²) in [7, 11) is 4.61. The van der Waals surface area contributed by atoms with Gasteiger partial charge in [0.2, 0.25) is 5.91 Å². The second kappa shape index (κ2) is 8.26.